The number of halogens is 1. The number of hydrogen-bond acceptors (Lipinski definition) is 3. The van der Waals surface area contributed by atoms with E-state index in [2.05, 4.69) is 5.32 Å². The van der Waals surface area contributed by atoms with Gasteiger partial charge in [0.25, 0.3) is 0 Å². The van der Waals surface area contributed by atoms with Crippen LogP contribution in [0, 0.1) is 5.82 Å². The van der Waals surface area contributed by atoms with Gasteiger partial charge in [-0.1, -0.05) is 30.3 Å². The molecule has 1 unspecified atom stereocenters. The van der Waals surface area contributed by atoms with Crippen molar-refractivity contribution in [2.24, 2.45) is 0 Å². The van der Waals surface area contributed by atoms with Crippen molar-refractivity contribution in [2.45, 2.75) is 16.6 Å². The maximum Gasteiger partial charge on any atom is 0.240 e. The molecule has 0 bridgehead atoms. The molecule has 1 saturated heterocycles. The first-order valence-electron chi connectivity index (χ1n) is 8.21. The van der Waals surface area contributed by atoms with Crippen LogP contribution in [0.5, 0.6) is 0 Å². The Labute approximate surface area is 146 Å². The van der Waals surface area contributed by atoms with Crippen LogP contribution >= 0.6 is 11.8 Å². The van der Waals surface area contributed by atoms with Crippen LogP contribution in [-0.2, 0) is 4.79 Å². The zero-order valence-electron chi connectivity index (χ0n) is 13.5. The Hall–Kier alpha value is -1.85. The second-order valence-electron chi connectivity index (χ2n) is 5.79. The maximum absolute atomic E-state index is 13.2. The lowest BCUT2D eigenvalue weighted by Gasteiger charge is -2.26. The van der Waals surface area contributed by atoms with Crippen molar-refractivity contribution in [1.82, 2.24) is 10.2 Å². The quantitative estimate of drug-likeness (QED) is 0.862. The molecule has 1 heterocycles. The third-order valence-electron chi connectivity index (χ3n) is 4.05. The van der Waals surface area contributed by atoms with Gasteiger partial charge in [-0.3, -0.25) is 4.79 Å². The predicted octanol–water partition coefficient (Wildman–Crippen LogP) is 3.48. The van der Waals surface area contributed by atoms with Crippen molar-refractivity contribution in [3.63, 3.8) is 0 Å². The van der Waals surface area contributed by atoms with E-state index in [0.29, 0.717) is 0 Å². The van der Waals surface area contributed by atoms with Gasteiger partial charge in [-0.15, -0.1) is 11.8 Å². The van der Waals surface area contributed by atoms with E-state index in [1.807, 2.05) is 35.2 Å². The summed E-state index contributed by atoms with van der Waals surface area (Å²) in [6.45, 7) is 3.28. The molecule has 3 rings (SSSR count). The van der Waals surface area contributed by atoms with E-state index >= 15 is 0 Å². The van der Waals surface area contributed by atoms with E-state index < -0.39 is 0 Å². The van der Waals surface area contributed by atoms with Crippen molar-refractivity contribution >= 4 is 17.7 Å². The minimum Gasteiger partial charge on any atom is -0.340 e. The summed E-state index contributed by atoms with van der Waals surface area (Å²) in [6, 6.07) is 16.1. The number of thioether (sulfide) groups is 1. The number of benzene rings is 2. The number of carbonyl (C=O) groups is 1. The molecule has 24 heavy (non-hydrogen) atoms. The van der Waals surface area contributed by atoms with E-state index in [1.165, 1.54) is 23.9 Å². The molecule has 126 valence electrons. The van der Waals surface area contributed by atoms with Crippen molar-refractivity contribution in [2.75, 3.05) is 26.2 Å². The van der Waals surface area contributed by atoms with Crippen LogP contribution in [0.4, 0.5) is 4.39 Å². The Morgan fingerprint density at radius 2 is 1.79 bits per heavy atom. The molecule has 1 atom stereocenters. The highest BCUT2D eigenvalue weighted by atomic mass is 32.2. The van der Waals surface area contributed by atoms with Crippen molar-refractivity contribution < 1.29 is 9.18 Å². The average Bonchev–Trinajstić information content (AvgIpc) is 2.91. The van der Waals surface area contributed by atoms with Crippen molar-refractivity contribution in [1.29, 1.82) is 0 Å². The zero-order chi connectivity index (χ0) is 16.8. The third kappa shape index (κ3) is 4.36. The van der Waals surface area contributed by atoms with Crippen LogP contribution < -0.4 is 5.32 Å². The van der Waals surface area contributed by atoms with Gasteiger partial charge in [-0.05, 0) is 42.8 Å². The number of hydrogen-bond donors (Lipinski definition) is 1. The second-order valence-corrected chi connectivity index (χ2v) is 6.97. The first kappa shape index (κ1) is 17.0. The summed E-state index contributed by atoms with van der Waals surface area (Å²) in [6.07, 6.45) is 0.967. The molecule has 3 nitrogen and oxygen atoms in total. The molecule has 1 aliphatic heterocycles. The molecular formula is C19H21FN2OS. The lowest BCUT2D eigenvalue weighted by molar-refractivity contribution is -0.130. The first-order chi connectivity index (χ1) is 11.7. The van der Waals surface area contributed by atoms with E-state index in [1.54, 1.807) is 12.1 Å². The molecule has 1 N–H and O–H groups in total. The van der Waals surface area contributed by atoms with Gasteiger partial charge in [0.15, 0.2) is 0 Å². The van der Waals surface area contributed by atoms with Crippen LogP contribution in [-0.4, -0.2) is 37.0 Å². The van der Waals surface area contributed by atoms with Crippen LogP contribution in [0.15, 0.2) is 59.5 Å². The largest absolute Gasteiger partial charge is 0.340 e. The van der Waals surface area contributed by atoms with Crippen LogP contribution in [0.1, 0.15) is 17.2 Å². The van der Waals surface area contributed by atoms with Gasteiger partial charge in [0.05, 0.1) is 0 Å². The van der Waals surface area contributed by atoms with Crippen LogP contribution in [0.3, 0.4) is 0 Å². The monoisotopic (exact) mass is 344 g/mol. The molecule has 1 aliphatic rings. The summed E-state index contributed by atoms with van der Waals surface area (Å²) in [7, 11) is 0. The molecule has 0 saturated carbocycles. The Bertz CT molecular complexity index is 655. The Kier molecular flexibility index (Phi) is 5.88. The molecule has 0 spiro atoms. The minimum atomic E-state index is -0.310. The molecule has 2 aromatic carbocycles. The molecular weight excluding hydrogens is 323 g/mol. The zero-order valence-corrected chi connectivity index (χ0v) is 14.3. The lowest BCUT2D eigenvalue weighted by Crippen LogP contribution is -2.36. The topological polar surface area (TPSA) is 32.3 Å². The van der Waals surface area contributed by atoms with Crippen LogP contribution in [0.25, 0.3) is 0 Å². The molecule has 0 aliphatic carbocycles. The number of carbonyl (C=O) groups excluding carboxylic acids is 1. The van der Waals surface area contributed by atoms with E-state index in [-0.39, 0.29) is 17.0 Å². The second kappa shape index (κ2) is 8.31. The van der Waals surface area contributed by atoms with E-state index in [0.717, 1.165) is 43.1 Å². The summed E-state index contributed by atoms with van der Waals surface area (Å²) in [5.74, 6) is -0.139. The summed E-state index contributed by atoms with van der Waals surface area (Å²) < 4.78 is 13.2. The standard InChI is InChI=1S/C19H21FN2OS/c20-16-7-9-17(10-8-16)24-18(15-5-2-1-3-6-15)19(23)22-13-4-11-21-12-14-22/h1-3,5-10,18,21H,4,11-14H2. The number of nitrogens with zero attached hydrogens (tertiary/aromatic N) is 1. The molecule has 5 heteroatoms. The summed E-state index contributed by atoms with van der Waals surface area (Å²) in [5, 5.41) is 3.01. The summed E-state index contributed by atoms with van der Waals surface area (Å²) >= 11 is 1.48. The van der Waals surface area contributed by atoms with Gasteiger partial charge in [-0.25, -0.2) is 4.39 Å². The van der Waals surface area contributed by atoms with Gasteiger partial charge in [0.2, 0.25) is 5.91 Å². The van der Waals surface area contributed by atoms with E-state index in [4.69, 9.17) is 0 Å². The van der Waals surface area contributed by atoms with Crippen LogP contribution in [0.2, 0.25) is 0 Å². The molecule has 0 radical (unpaired) electrons. The van der Waals surface area contributed by atoms with Crippen molar-refractivity contribution in [3.05, 3.63) is 66.0 Å². The Morgan fingerprint density at radius 1 is 1.04 bits per heavy atom. The fourth-order valence-electron chi connectivity index (χ4n) is 2.77. The fraction of sp³-hybridized carbons (Fsp3) is 0.316. The fourth-order valence-corrected chi connectivity index (χ4v) is 3.88. The molecule has 1 amide bonds. The SMILES string of the molecule is O=C(C(Sc1ccc(F)cc1)c1ccccc1)N1CCCNCC1. The minimum absolute atomic E-state index is 0.124. The van der Waals surface area contributed by atoms with Gasteiger partial charge in [0.1, 0.15) is 11.1 Å². The first-order valence-corrected chi connectivity index (χ1v) is 9.09. The molecule has 2 aromatic rings. The normalized spacial score (nSPS) is 16.5. The van der Waals surface area contributed by atoms with E-state index in [9.17, 15) is 9.18 Å². The van der Waals surface area contributed by atoms with Gasteiger partial charge >= 0.3 is 0 Å². The highest BCUT2D eigenvalue weighted by Crippen LogP contribution is 2.36. The van der Waals surface area contributed by atoms with Gasteiger partial charge in [-0.2, -0.15) is 0 Å². The summed E-state index contributed by atoms with van der Waals surface area (Å²) in [5.41, 5.74) is 0.981. The highest BCUT2D eigenvalue weighted by Gasteiger charge is 2.27. The Balaban J connectivity index is 1.83. The molecule has 0 aromatic heterocycles. The maximum atomic E-state index is 13.2. The number of nitrogens with one attached hydrogen (secondary N) is 1. The smallest absolute Gasteiger partial charge is 0.240 e. The average molecular weight is 344 g/mol. The predicted molar refractivity (Wildman–Crippen MR) is 95.5 cm³/mol. The highest BCUT2D eigenvalue weighted by molar-refractivity contribution is 8.00. The van der Waals surface area contributed by atoms with Gasteiger partial charge < -0.3 is 10.2 Å². The summed E-state index contributed by atoms with van der Waals surface area (Å²) in [4.78, 5) is 16.0. The van der Waals surface area contributed by atoms with Crippen molar-refractivity contribution in [3.8, 4) is 0 Å². The Morgan fingerprint density at radius 3 is 2.54 bits per heavy atom. The third-order valence-corrected chi connectivity index (χ3v) is 5.30. The molecule has 1 fully saturated rings. The number of amides is 1. The number of rotatable bonds is 4. The van der Waals surface area contributed by atoms with Gasteiger partial charge in [0, 0.05) is 24.5 Å². The lowest BCUT2D eigenvalue weighted by atomic mass is 10.1.